The average Bonchev–Trinajstić information content (AvgIpc) is 2.08. The monoisotopic (exact) mass is 195 g/mol. The Morgan fingerprint density at radius 2 is 2.00 bits per heavy atom. The van der Waals surface area contributed by atoms with Gasteiger partial charge in [0.2, 0.25) is 0 Å². The third-order valence-electron chi connectivity index (χ3n) is 2.01. The zero-order valence-electron chi connectivity index (χ0n) is 7.94. The first-order valence-electron chi connectivity index (χ1n) is 4.21. The maximum atomic E-state index is 11.4. The molecule has 4 heteroatoms. The van der Waals surface area contributed by atoms with Crippen LogP contribution in [0.25, 0.3) is 0 Å². The number of carboxylic acid groups (broad SMARTS) is 1. The number of aromatic hydroxyl groups is 1. The summed E-state index contributed by atoms with van der Waals surface area (Å²) in [6.45, 7) is 3.60. The highest BCUT2D eigenvalue weighted by molar-refractivity contribution is 5.92. The fraction of sp³-hybridized carbons (Fsp3) is 0.300. The summed E-state index contributed by atoms with van der Waals surface area (Å²) in [7, 11) is 0. The van der Waals surface area contributed by atoms with E-state index in [1.165, 1.54) is 12.1 Å². The average molecular weight is 195 g/mol. The van der Waals surface area contributed by atoms with Gasteiger partial charge in [-0.3, -0.25) is 0 Å². The second-order valence-corrected chi connectivity index (χ2v) is 3.34. The molecule has 0 aliphatic heterocycles. The van der Waals surface area contributed by atoms with E-state index in [2.05, 4.69) is 0 Å². The third kappa shape index (κ3) is 1.64. The zero-order chi connectivity index (χ0) is 10.9. The molecule has 0 saturated carbocycles. The maximum absolute atomic E-state index is 11.4. The summed E-state index contributed by atoms with van der Waals surface area (Å²) in [6.07, 6.45) is 0. The Bertz CT molecular complexity index is 369. The Balaban J connectivity index is 3.33. The number of carbonyl (C=O) groups is 1. The summed E-state index contributed by atoms with van der Waals surface area (Å²) >= 11 is 0. The van der Waals surface area contributed by atoms with Crippen LogP contribution >= 0.6 is 0 Å². The van der Waals surface area contributed by atoms with E-state index in [1.54, 1.807) is 13.8 Å². The second-order valence-electron chi connectivity index (χ2n) is 3.34. The normalized spacial score (nSPS) is 10.5. The van der Waals surface area contributed by atoms with E-state index in [9.17, 15) is 15.0 Å². The Hall–Kier alpha value is -1.71. The van der Waals surface area contributed by atoms with Crippen LogP contribution in [0.4, 0.5) is 0 Å². The van der Waals surface area contributed by atoms with Crippen LogP contribution < -0.4 is 5.11 Å². The minimum atomic E-state index is -1.30. The quantitative estimate of drug-likeness (QED) is 0.745. The highest BCUT2D eigenvalue weighted by atomic mass is 16.4. The molecule has 0 radical (unpaired) electrons. The van der Waals surface area contributed by atoms with Crippen molar-refractivity contribution >= 4 is 5.97 Å². The van der Waals surface area contributed by atoms with Gasteiger partial charge in [0, 0.05) is 0 Å². The smallest absolute Gasteiger partial charge is 0.339 e. The van der Waals surface area contributed by atoms with Crippen molar-refractivity contribution in [1.29, 1.82) is 0 Å². The van der Waals surface area contributed by atoms with Crippen LogP contribution in [0, 0.1) is 0 Å². The molecule has 0 spiro atoms. The van der Waals surface area contributed by atoms with E-state index in [0.29, 0.717) is 5.56 Å². The van der Waals surface area contributed by atoms with Gasteiger partial charge in [-0.15, -0.1) is 0 Å². The van der Waals surface area contributed by atoms with E-state index in [4.69, 9.17) is 5.11 Å². The molecule has 0 bridgehead atoms. The van der Waals surface area contributed by atoms with Gasteiger partial charge in [0.25, 0.3) is 0 Å². The van der Waals surface area contributed by atoms with E-state index in [-0.39, 0.29) is 11.5 Å². The molecule has 0 heterocycles. The molecule has 0 amide bonds. The van der Waals surface area contributed by atoms with Gasteiger partial charge in [-0.25, -0.2) is 4.79 Å². The lowest BCUT2D eigenvalue weighted by Crippen LogP contribution is -2.04. The molecule has 1 rings (SSSR count). The molecule has 1 aromatic carbocycles. The zero-order valence-corrected chi connectivity index (χ0v) is 7.94. The fourth-order valence-corrected chi connectivity index (χ4v) is 1.21. The van der Waals surface area contributed by atoms with Gasteiger partial charge in [-0.1, -0.05) is 25.7 Å². The van der Waals surface area contributed by atoms with Gasteiger partial charge in [-0.05, 0) is 17.5 Å². The van der Waals surface area contributed by atoms with Crippen LogP contribution in [0.1, 0.15) is 35.7 Å². The standard InChI is InChI=1S/C10H12O4/c1-5(2)6-3-4-7(10(13)14)9(12)8(6)11/h3-5,11-12H,1-2H3,(H,13,14)/p-1. The summed E-state index contributed by atoms with van der Waals surface area (Å²) < 4.78 is 0. The molecule has 2 N–H and O–H groups in total. The highest BCUT2D eigenvalue weighted by Crippen LogP contribution is 2.34. The van der Waals surface area contributed by atoms with Gasteiger partial charge in [0.1, 0.15) is 11.3 Å². The lowest BCUT2D eigenvalue weighted by Gasteiger charge is -2.19. The van der Waals surface area contributed by atoms with Gasteiger partial charge < -0.3 is 15.3 Å². The number of rotatable bonds is 2. The number of hydrogen-bond donors (Lipinski definition) is 2. The molecule has 0 aliphatic rings. The summed E-state index contributed by atoms with van der Waals surface area (Å²) in [4.78, 5) is 10.6. The van der Waals surface area contributed by atoms with E-state index < -0.39 is 17.5 Å². The largest absolute Gasteiger partial charge is 0.870 e. The number of aromatic carboxylic acids is 1. The fourth-order valence-electron chi connectivity index (χ4n) is 1.21. The van der Waals surface area contributed by atoms with Crippen LogP contribution in [0.15, 0.2) is 12.1 Å². The van der Waals surface area contributed by atoms with Crippen LogP contribution in [0.2, 0.25) is 0 Å². The number of phenols is 1. The molecule has 0 atom stereocenters. The first-order valence-corrected chi connectivity index (χ1v) is 4.21. The van der Waals surface area contributed by atoms with E-state index in [0.717, 1.165) is 0 Å². The van der Waals surface area contributed by atoms with Crippen LogP contribution in [0.3, 0.4) is 0 Å². The second kappa shape index (κ2) is 3.57. The summed E-state index contributed by atoms with van der Waals surface area (Å²) in [6, 6.07) is 2.69. The Morgan fingerprint density at radius 3 is 2.43 bits per heavy atom. The Labute approximate surface area is 81.4 Å². The van der Waals surface area contributed by atoms with Crippen molar-refractivity contribution < 1.29 is 20.1 Å². The molecule has 0 aromatic heterocycles. The Kier molecular flexibility index (Phi) is 2.65. The first kappa shape index (κ1) is 10.4. The van der Waals surface area contributed by atoms with E-state index in [1.807, 2.05) is 0 Å². The van der Waals surface area contributed by atoms with Crippen molar-refractivity contribution in [3.8, 4) is 11.5 Å². The van der Waals surface area contributed by atoms with Gasteiger partial charge in [-0.2, -0.15) is 0 Å². The molecule has 76 valence electrons. The van der Waals surface area contributed by atoms with Crippen molar-refractivity contribution in [3.05, 3.63) is 23.3 Å². The molecule has 0 aliphatic carbocycles. The number of benzene rings is 1. The molecular weight excluding hydrogens is 184 g/mol. The SMILES string of the molecule is CC(C)c1ccc(C(=O)O)c(O)c1[O-]. The van der Waals surface area contributed by atoms with Gasteiger partial charge >= 0.3 is 5.97 Å². The van der Waals surface area contributed by atoms with Crippen molar-refractivity contribution in [2.24, 2.45) is 0 Å². The summed E-state index contributed by atoms with van der Waals surface area (Å²) in [5.41, 5.74) is 0.0758. The molecule has 4 nitrogen and oxygen atoms in total. The van der Waals surface area contributed by atoms with Crippen molar-refractivity contribution in [3.63, 3.8) is 0 Å². The molecule has 0 fully saturated rings. The molecule has 1 aromatic rings. The predicted molar refractivity (Wildman–Crippen MR) is 48.6 cm³/mol. The summed E-state index contributed by atoms with van der Waals surface area (Å²) in [5.74, 6) is -2.60. The Morgan fingerprint density at radius 1 is 1.43 bits per heavy atom. The lowest BCUT2D eigenvalue weighted by molar-refractivity contribution is -0.271. The third-order valence-corrected chi connectivity index (χ3v) is 2.01. The number of hydrogen-bond acceptors (Lipinski definition) is 3. The molecule has 0 saturated heterocycles. The van der Waals surface area contributed by atoms with Crippen LogP contribution in [-0.2, 0) is 0 Å². The van der Waals surface area contributed by atoms with Crippen LogP contribution in [-0.4, -0.2) is 16.2 Å². The molecule has 0 unspecified atom stereocenters. The lowest BCUT2D eigenvalue weighted by atomic mass is 9.99. The van der Waals surface area contributed by atoms with Crippen molar-refractivity contribution in [2.45, 2.75) is 19.8 Å². The summed E-state index contributed by atoms with van der Waals surface area (Å²) in [5, 5.41) is 29.3. The molecule has 14 heavy (non-hydrogen) atoms. The maximum Gasteiger partial charge on any atom is 0.339 e. The minimum Gasteiger partial charge on any atom is -0.870 e. The van der Waals surface area contributed by atoms with Crippen molar-refractivity contribution in [1.82, 2.24) is 0 Å². The van der Waals surface area contributed by atoms with Gasteiger partial charge in [0.15, 0.2) is 0 Å². The topological polar surface area (TPSA) is 80.6 Å². The first-order chi connectivity index (χ1) is 6.45. The minimum absolute atomic E-state index is 0.0313. The van der Waals surface area contributed by atoms with Crippen molar-refractivity contribution in [2.75, 3.05) is 0 Å². The predicted octanol–water partition coefficient (Wildman–Crippen LogP) is 1.29. The molecular formula is C10H11O4-. The van der Waals surface area contributed by atoms with Gasteiger partial charge in [0.05, 0.1) is 0 Å². The van der Waals surface area contributed by atoms with Crippen LogP contribution in [0.5, 0.6) is 11.5 Å². The van der Waals surface area contributed by atoms with E-state index >= 15 is 0 Å². The number of carboxylic acids is 1. The highest BCUT2D eigenvalue weighted by Gasteiger charge is 2.12.